The summed E-state index contributed by atoms with van der Waals surface area (Å²) < 4.78 is 0. The predicted octanol–water partition coefficient (Wildman–Crippen LogP) is 2.62. The molecule has 1 aliphatic heterocycles. The normalized spacial score (nSPS) is 17.4. The van der Waals surface area contributed by atoms with Crippen molar-refractivity contribution in [1.82, 2.24) is 4.90 Å². The lowest BCUT2D eigenvalue weighted by atomic mass is 9.97. The van der Waals surface area contributed by atoms with Crippen LogP contribution in [-0.4, -0.2) is 31.6 Å². The average molecular weight is 243 g/mol. The van der Waals surface area contributed by atoms with Crippen molar-refractivity contribution in [2.24, 2.45) is 5.92 Å². The second-order valence-corrected chi connectivity index (χ2v) is 5.27. The molecule has 0 aromatic heterocycles. The lowest BCUT2D eigenvalue weighted by Gasteiger charge is -2.29. The smallest absolute Gasteiger partial charge is 0.0991 e. The highest BCUT2D eigenvalue weighted by Gasteiger charge is 2.16. The Morgan fingerprint density at radius 1 is 1.39 bits per heavy atom. The van der Waals surface area contributed by atoms with Crippen molar-refractivity contribution in [1.29, 1.82) is 5.26 Å². The maximum atomic E-state index is 8.84. The van der Waals surface area contributed by atoms with E-state index in [1.165, 1.54) is 25.9 Å². The molecule has 96 valence electrons. The van der Waals surface area contributed by atoms with Crippen molar-refractivity contribution < 1.29 is 0 Å². The first kappa shape index (κ1) is 12.9. The molecule has 1 saturated heterocycles. The highest BCUT2D eigenvalue weighted by Crippen LogP contribution is 2.20. The minimum absolute atomic E-state index is 0.734. The minimum atomic E-state index is 0.734. The molecule has 0 bridgehead atoms. The Kier molecular flexibility index (Phi) is 4.22. The molecular formula is C15H21N3. The number of aryl methyl sites for hydroxylation is 1. The molecule has 1 aromatic rings. The highest BCUT2D eigenvalue weighted by molar-refractivity contribution is 5.54. The van der Waals surface area contributed by atoms with Crippen LogP contribution in [0.3, 0.4) is 0 Å². The Labute approximate surface area is 109 Å². The van der Waals surface area contributed by atoms with Crippen molar-refractivity contribution in [2.75, 3.05) is 32.0 Å². The maximum Gasteiger partial charge on any atom is 0.0991 e. The second-order valence-electron chi connectivity index (χ2n) is 5.27. The second kappa shape index (κ2) is 5.88. The van der Waals surface area contributed by atoms with Gasteiger partial charge >= 0.3 is 0 Å². The number of nitriles is 1. The van der Waals surface area contributed by atoms with E-state index in [1.54, 1.807) is 0 Å². The summed E-state index contributed by atoms with van der Waals surface area (Å²) in [6.45, 7) is 5.51. The molecule has 18 heavy (non-hydrogen) atoms. The van der Waals surface area contributed by atoms with E-state index in [4.69, 9.17) is 5.26 Å². The molecule has 1 fully saturated rings. The molecule has 0 atom stereocenters. The molecule has 3 nitrogen and oxygen atoms in total. The summed E-state index contributed by atoms with van der Waals surface area (Å²) in [6.07, 6.45) is 2.55. The van der Waals surface area contributed by atoms with E-state index >= 15 is 0 Å². The van der Waals surface area contributed by atoms with Crippen LogP contribution in [-0.2, 0) is 0 Å². The van der Waals surface area contributed by atoms with Gasteiger partial charge < -0.3 is 10.2 Å². The lowest BCUT2D eigenvalue weighted by molar-refractivity contribution is 0.226. The summed E-state index contributed by atoms with van der Waals surface area (Å²) in [5, 5.41) is 12.4. The van der Waals surface area contributed by atoms with Gasteiger partial charge in [0.1, 0.15) is 0 Å². The van der Waals surface area contributed by atoms with Gasteiger partial charge in [0.15, 0.2) is 0 Å². The fourth-order valence-corrected chi connectivity index (χ4v) is 2.45. The Balaban J connectivity index is 1.89. The first-order chi connectivity index (χ1) is 8.69. The fraction of sp³-hybridized carbons (Fsp3) is 0.533. The Hall–Kier alpha value is -1.53. The number of nitrogens with one attached hydrogen (secondary N) is 1. The van der Waals surface area contributed by atoms with Crippen LogP contribution in [0.2, 0.25) is 0 Å². The fourth-order valence-electron chi connectivity index (χ4n) is 2.45. The van der Waals surface area contributed by atoms with E-state index in [2.05, 4.69) is 30.3 Å². The van der Waals surface area contributed by atoms with Crippen LogP contribution in [0.4, 0.5) is 5.69 Å². The molecule has 0 unspecified atom stereocenters. The third kappa shape index (κ3) is 3.24. The summed E-state index contributed by atoms with van der Waals surface area (Å²) >= 11 is 0. The summed E-state index contributed by atoms with van der Waals surface area (Å²) in [5.74, 6) is 0.774. The van der Waals surface area contributed by atoms with E-state index in [-0.39, 0.29) is 0 Å². The summed E-state index contributed by atoms with van der Waals surface area (Å²) in [6, 6.07) is 8.01. The number of hydrogen-bond donors (Lipinski definition) is 1. The predicted molar refractivity (Wildman–Crippen MR) is 74.6 cm³/mol. The van der Waals surface area contributed by atoms with Crippen LogP contribution in [0, 0.1) is 24.2 Å². The topological polar surface area (TPSA) is 39.1 Å². The van der Waals surface area contributed by atoms with Crippen molar-refractivity contribution in [3.63, 3.8) is 0 Å². The van der Waals surface area contributed by atoms with Gasteiger partial charge in [0.05, 0.1) is 11.6 Å². The van der Waals surface area contributed by atoms with Crippen molar-refractivity contribution in [2.45, 2.75) is 19.8 Å². The van der Waals surface area contributed by atoms with Gasteiger partial charge in [-0.3, -0.25) is 0 Å². The SMILES string of the molecule is Cc1cc(C#N)ccc1NCC1CCN(C)CC1. The number of anilines is 1. The van der Waals surface area contributed by atoms with Crippen LogP contribution in [0.5, 0.6) is 0 Å². The third-order valence-corrected chi connectivity index (χ3v) is 3.77. The molecule has 1 N–H and O–H groups in total. The first-order valence-corrected chi connectivity index (χ1v) is 6.62. The molecule has 2 rings (SSSR count). The maximum absolute atomic E-state index is 8.84. The van der Waals surface area contributed by atoms with E-state index in [0.717, 1.165) is 29.3 Å². The number of benzene rings is 1. The number of rotatable bonds is 3. The van der Waals surface area contributed by atoms with Crippen LogP contribution >= 0.6 is 0 Å². The zero-order chi connectivity index (χ0) is 13.0. The van der Waals surface area contributed by atoms with E-state index in [0.29, 0.717) is 0 Å². The Bertz CT molecular complexity index is 440. The first-order valence-electron chi connectivity index (χ1n) is 6.62. The average Bonchev–Trinajstić information content (AvgIpc) is 2.39. The van der Waals surface area contributed by atoms with Crippen LogP contribution in [0.1, 0.15) is 24.0 Å². The molecule has 1 aliphatic rings. The summed E-state index contributed by atoms with van der Waals surface area (Å²) in [7, 11) is 2.19. The quantitative estimate of drug-likeness (QED) is 0.887. The summed E-state index contributed by atoms with van der Waals surface area (Å²) in [4.78, 5) is 2.39. The van der Waals surface area contributed by atoms with Gasteiger partial charge in [-0.25, -0.2) is 0 Å². The third-order valence-electron chi connectivity index (χ3n) is 3.77. The van der Waals surface area contributed by atoms with Crippen molar-refractivity contribution >= 4 is 5.69 Å². The zero-order valence-electron chi connectivity index (χ0n) is 11.2. The highest BCUT2D eigenvalue weighted by atomic mass is 15.1. The molecule has 0 radical (unpaired) electrons. The number of nitrogens with zero attached hydrogens (tertiary/aromatic N) is 2. The van der Waals surface area contributed by atoms with Gasteiger partial charge in [0.2, 0.25) is 0 Å². The van der Waals surface area contributed by atoms with Crippen molar-refractivity contribution in [3.8, 4) is 6.07 Å². The lowest BCUT2D eigenvalue weighted by Crippen LogP contribution is -2.33. The van der Waals surface area contributed by atoms with Gasteiger partial charge in [-0.1, -0.05) is 0 Å². The van der Waals surface area contributed by atoms with Gasteiger partial charge in [0.25, 0.3) is 0 Å². The molecule has 0 aliphatic carbocycles. The number of hydrogen-bond acceptors (Lipinski definition) is 3. The zero-order valence-corrected chi connectivity index (χ0v) is 11.2. The molecule has 3 heteroatoms. The van der Waals surface area contributed by atoms with E-state index in [1.807, 2.05) is 18.2 Å². The Morgan fingerprint density at radius 3 is 2.72 bits per heavy atom. The molecule has 0 amide bonds. The van der Waals surface area contributed by atoms with Crippen molar-refractivity contribution in [3.05, 3.63) is 29.3 Å². The molecule has 0 spiro atoms. The van der Waals surface area contributed by atoms with E-state index < -0.39 is 0 Å². The molecule has 1 aromatic carbocycles. The van der Waals surface area contributed by atoms with Gasteiger partial charge in [-0.2, -0.15) is 5.26 Å². The number of likely N-dealkylation sites (tertiary alicyclic amines) is 1. The standard InChI is InChI=1S/C15H21N3/c1-12-9-14(10-16)3-4-15(12)17-11-13-5-7-18(2)8-6-13/h3-4,9,13,17H,5-8,11H2,1-2H3. The molecule has 0 saturated carbocycles. The van der Waals surface area contributed by atoms with Crippen LogP contribution in [0.25, 0.3) is 0 Å². The minimum Gasteiger partial charge on any atom is -0.385 e. The number of piperidine rings is 1. The largest absolute Gasteiger partial charge is 0.385 e. The van der Waals surface area contributed by atoms with Gasteiger partial charge in [-0.05, 0) is 69.6 Å². The van der Waals surface area contributed by atoms with Gasteiger partial charge in [-0.15, -0.1) is 0 Å². The monoisotopic (exact) mass is 243 g/mol. The van der Waals surface area contributed by atoms with Gasteiger partial charge in [0, 0.05) is 12.2 Å². The molecule has 1 heterocycles. The van der Waals surface area contributed by atoms with E-state index in [9.17, 15) is 0 Å². The summed E-state index contributed by atoms with van der Waals surface area (Å²) in [5.41, 5.74) is 3.05. The van der Waals surface area contributed by atoms with Crippen LogP contribution in [0.15, 0.2) is 18.2 Å². The molecular weight excluding hydrogens is 222 g/mol. The van der Waals surface area contributed by atoms with Crippen LogP contribution < -0.4 is 5.32 Å². The Morgan fingerprint density at radius 2 is 2.11 bits per heavy atom.